The molecule has 14 heteroatoms. The van der Waals surface area contributed by atoms with Gasteiger partial charge in [0.25, 0.3) is 5.13 Å². The third-order valence-corrected chi connectivity index (χ3v) is 6.78. The zero-order chi connectivity index (χ0) is 19.6. The van der Waals surface area contributed by atoms with Crippen LogP contribution in [0, 0.1) is 0 Å². The van der Waals surface area contributed by atoms with Gasteiger partial charge in [-0.3, -0.25) is 0 Å². The number of ether oxygens (including phenoxy) is 1. The van der Waals surface area contributed by atoms with Crippen LogP contribution >= 0.6 is 34.8 Å². The number of sulfone groups is 1. The maximum Gasteiger partial charge on any atom is 0.390 e. The van der Waals surface area contributed by atoms with E-state index in [4.69, 9.17) is 23.2 Å². The number of esters is 1. The highest BCUT2D eigenvalue weighted by Gasteiger charge is 2.57. The Morgan fingerprint density at radius 1 is 0.958 bits per heavy atom. The Balaban J connectivity index is 5.56. The number of hydrogen-bond donors (Lipinski definition) is 0. The Bertz CT molecular complexity index is 560. The molecule has 2 unspecified atom stereocenters. The van der Waals surface area contributed by atoms with E-state index in [2.05, 4.69) is 16.3 Å². The van der Waals surface area contributed by atoms with Crippen molar-refractivity contribution in [2.75, 3.05) is 12.9 Å². The highest BCUT2D eigenvalue weighted by Crippen LogP contribution is 2.45. The van der Waals surface area contributed by atoms with Crippen LogP contribution in [-0.2, 0) is 19.4 Å². The molecular formula is C10H11Cl3F6O4S. The van der Waals surface area contributed by atoms with Gasteiger partial charge in [0.05, 0.1) is 19.3 Å². The average molecular weight is 448 g/mol. The van der Waals surface area contributed by atoms with Gasteiger partial charge in [-0.15, -0.1) is 0 Å². The molecule has 0 radical (unpaired) electrons. The normalized spacial score (nSPS) is 18.6. The summed E-state index contributed by atoms with van der Waals surface area (Å²) in [4.78, 5) is 11.6. The Hall–Kier alpha value is -0.130. The molecular weight excluding hydrogens is 437 g/mol. The molecule has 0 amide bonds. The predicted molar refractivity (Wildman–Crippen MR) is 74.8 cm³/mol. The molecule has 24 heavy (non-hydrogen) atoms. The lowest BCUT2D eigenvalue weighted by Crippen LogP contribution is -2.46. The molecule has 2 atom stereocenters. The summed E-state index contributed by atoms with van der Waals surface area (Å²) < 4.78 is 100. The fraction of sp³-hybridized carbons (Fsp3) is 0.900. The second-order valence-corrected chi connectivity index (χ2v) is 8.88. The van der Waals surface area contributed by atoms with E-state index >= 15 is 0 Å². The van der Waals surface area contributed by atoms with E-state index in [0.717, 1.165) is 0 Å². The molecule has 0 saturated heterocycles. The smallest absolute Gasteiger partial charge is 0.390 e. The van der Waals surface area contributed by atoms with Crippen LogP contribution in [0.2, 0.25) is 0 Å². The van der Waals surface area contributed by atoms with Crippen LogP contribution in [0.5, 0.6) is 0 Å². The number of hydrogen-bond acceptors (Lipinski definition) is 4. The minimum atomic E-state index is -5.08. The van der Waals surface area contributed by atoms with Gasteiger partial charge < -0.3 is 4.74 Å². The van der Waals surface area contributed by atoms with Gasteiger partial charge in [-0.1, -0.05) is 23.2 Å². The number of alkyl halides is 9. The van der Waals surface area contributed by atoms with E-state index in [0.29, 0.717) is 7.11 Å². The molecule has 0 aliphatic carbocycles. The summed E-state index contributed by atoms with van der Waals surface area (Å²) in [5, 5.41) is -8.65. The lowest BCUT2D eigenvalue weighted by Gasteiger charge is -2.28. The standard InChI is InChI=1S/C10H11Cl3F6O4S/c1-23-6(20)7(11,2-3-8(12,14)10(13,18)19)24(21,22)5-4-9(15,16)17/h2-5H2,1H3. The quantitative estimate of drug-likeness (QED) is 0.321. The van der Waals surface area contributed by atoms with Crippen LogP contribution in [0.25, 0.3) is 0 Å². The van der Waals surface area contributed by atoms with E-state index in [1.807, 2.05) is 0 Å². The molecule has 0 N–H and O–H groups in total. The van der Waals surface area contributed by atoms with Crippen LogP contribution in [0.3, 0.4) is 0 Å². The van der Waals surface area contributed by atoms with Gasteiger partial charge in [-0.25, -0.2) is 17.6 Å². The van der Waals surface area contributed by atoms with Crippen LogP contribution < -0.4 is 0 Å². The fourth-order valence-corrected chi connectivity index (χ4v) is 3.57. The molecule has 4 nitrogen and oxygen atoms in total. The molecule has 0 saturated carbocycles. The Morgan fingerprint density at radius 3 is 1.75 bits per heavy atom. The van der Waals surface area contributed by atoms with Crippen molar-refractivity contribution < 1.29 is 44.3 Å². The first kappa shape index (κ1) is 23.9. The SMILES string of the molecule is COC(=O)C(Cl)(CCC(F)(Cl)C(F)(F)Cl)S(=O)(=O)CCC(F)(F)F. The zero-order valence-electron chi connectivity index (χ0n) is 11.8. The van der Waals surface area contributed by atoms with E-state index in [1.54, 1.807) is 0 Å². The van der Waals surface area contributed by atoms with E-state index in [1.165, 1.54) is 0 Å². The highest BCUT2D eigenvalue weighted by atomic mass is 35.5. The maximum absolute atomic E-state index is 13.6. The van der Waals surface area contributed by atoms with Crippen molar-refractivity contribution in [1.82, 2.24) is 0 Å². The minimum Gasteiger partial charge on any atom is -0.467 e. The second-order valence-electron chi connectivity index (χ2n) is 4.61. The van der Waals surface area contributed by atoms with Crippen molar-refractivity contribution in [3.8, 4) is 0 Å². The van der Waals surface area contributed by atoms with Crippen molar-refractivity contribution >= 4 is 50.6 Å². The average Bonchev–Trinajstić information content (AvgIpc) is 2.39. The van der Waals surface area contributed by atoms with Crippen molar-refractivity contribution in [3.63, 3.8) is 0 Å². The zero-order valence-corrected chi connectivity index (χ0v) is 14.9. The Kier molecular flexibility index (Phi) is 7.59. The highest BCUT2D eigenvalue weighted by molar-refractivity contribution is 7.95. The monoisotopic (exact) mass is 446 g/mol. The van der Waals surface area contributed by atoms with Crippen molar-refractivity contribution in [2.45, 2.75) is 40.2 Å². The third-order valence-electron chi connectivity index (χ3n) is 2.81. The van der Waals surface area contributed by atoms with Gasteiger partial charge in [0.1, 0.15) is 0 Å². The summed E-state index contributed by atoms with van der Waals surface area (Å²) in [6.45, 7) is 0. The van der Waals surface area contributed by atoms with Crippen LogP contribution in [0.1, 0.15) is 19.3 Å². The summed E-state index contributed by atoms with van der Waals surface area (Å²) in [7, 11) is -4.43. The minimum absolute atomic E-state index is 0.651. The molecule has 0 aromatic heterocycles. The van der Waals surface area contributed by atoms with Gasteiger partial charge >= 0.3 is 17.5 Å². The molecule has 0 spiro atoms. The number of carbonyl (C=O) groups excluding carboxylic acids is 1. The second kappa shape index (κ2) is 7.63. The van der Waals surface area contributed by atoms with Gasteiger partial charge in [-0.2, -0.15) is 22.0 Å². The number of carbonyl (C=O) groups is 1. The van der Waals surface area contributed by atoms with Gasteiger partial charge in [0.2, 0.25) is 4.21 Å². The molecule has 0 aromatic carbocycles. The number of methoxy groups -OCH3 is 1. The van der Waals surface area contributed by atoms with Crippen LogP contribution in [-0.4, -0.2) is 48.1 Å². The lowest BCUT2D eigenvalue weighted by atomic mass is 10.1. The van der Waals surface area contributed by atoms with Gasteiger partial charge in [0, 0.05) is 6.42 Å². The van der Waals surface area contributed by atoms with Crippen molar-refractivity contribution in [3.05, 3.63) is 0 Å². The molecule has 0 heterocycles. The molecule has 0 bridgehead atoms. The van der Waals surface area contributed by atoms with Crippen molar-refractivity contribution in [1.29, 1.82) is 0 Å². The molecule has 0 fully saturated rings. The summed E-state index contributed by atoms with van der Waals surface area (Å²) in [5.74, 6) is -3.41. The predicted octanol–water partition coefficient (Wildman–Crippen LogP) is 3.98. The van der Waals surface area contributed by atoms with Crippen molar-refractivity contribution in [2.24, 2.45) is 0 Å². The number of rotatable bonds is 8. The maximum atomic E-state index is 13.6. The lowest BCUT2D eigenvalue weighted by molar-refractivity contribution is -0.142. The summed E-state index contributed by atoms with van der Waals surface area (Å²) in [6, 6.07) is 0. The number of halogens is 9. The Labute approximate surface area is 148 Å². The molecule has 144 valence electrons. The fourth-order valence-electron chi connectivity index (χ4n) is 1.41. The topological polar surface area (TPSA) is 60.4 Å². The first-order valence-corrected chi connectivity index (χ1v) is 8.69. The van der Waals surface area contributed by atoms with E-state index < -0.39 is 61.7 Å². The first-order chi connectivity index (χ1) is 10.4. The van der Waals surface area contributed by atoms with Crippen LogP contribution in [0.15, 0.2) is 0 Å². The van der Waals surface area contributed by atoms with Crippen LogP contribution in [0.4, 0.5) is 26.3 Å². The largest absolute Gasteiger partial charge is 0.467 e. The Morgan fingerprint density at radius 2 is 1.42 bits per heavy atom. The summed E-state index contributed by atoms with van der Waals surface area (Å²) in [5.41, 5.74) is 0. The van der Waals surface area contributed by atoms with E-state index in [-0.39, 0.29) is 0 Å². The summed E-state index contributed by atoms with van der Waals surface area (Å²) >= 11 is 14.8. The molecule has 0 aliphatic rings. The van der Waals surface area contributed by atoms with E-state index in [9.17, 15) is 39.6 Å². The molecule has 0 aromatic rings. The molecule has 0 rings (SSSR count). The summed E-state index contributed by atoms with van der Waals surface area (Å²) in [6.07, 6.45) is -9.73. The molecule has 0 aliphatic heterocycles. The first-order valence-electron chi connectivity index (χ1n) is 5.90. The third kappa shape index (κ3) is 5.99. The van der Waals surface area contributed by atoms with Gasteiger partial charge in [0.15, 0.2) is 9.84 Å². The van der Waals surface area contributed by atoms with Gasteiger partial charge in [-0.05, 0) is 18.0 Å².